The van der Waals surface area contributed by atoms with Crippen molar-refractivity contribution in [3.63, 3.8) is 0 Å². The zero-order valence-electron chi connectivity index (χ0n) is 21.4. The molecule has 204 valence electrons. The summed E-state index contributed by atoms with van der Waals surface area (Å²) in [7, 11) is 1.25. The van der Waals surface area contributed by atoms with Gasteiger partial charge in [0.2, 0.25) is 0 Å². The van der Waals surface area contributed by atoms with Crippen molar-refractivity contribution < 1.29 is 43.6 Å². The number of ether oxygens (including phenoxy) is 3. The van der Waals surface area contributed by atoms with E-state index in [1.54, 1.807) is 0 Å². The second-order valence-electron chi connectivity index (χ2n) is 9.60. The molecule has 1 aromatic heterocycles. The molecular weight excluding hydrogens is 540 g/mol. The molecule has 3 heterocycles. The number of thiophene rings is 1. The minimum absolute atomic E-state index is 0.0906. The first-order valence-electron chi connectivity index (χ1n) is 12.1. The zero-order valence-corrected chi connectivity index (χ0v) is 22.3. The SMILES string of the molecule is COC1Oc2cc(O)c3c(c2C(=O)N1C(=O)NCc1cc2ccccc2s1)OC1=CC(O)=C(C(C)=O)C(=O)[C@]13C. The number of benzene rings is 2. The van der Waals surface area contributed by atoms with Crippen LogP contribution in [0.15, 0.2) is 59.6 Å². The first-order chi connectivity index (χ1) is 19.1. The van der Waals surface area contributed by atoms with Crippen LogP contribution in [0.25, 0.3) is 10.1 Å². The summed E-state index contributed by atoms with van der Waals surface area (Å²) >= 11 is 1.50. The van der Waals surface area contributed by atoms with Crippen molar-refractivity contribution in [3.8, 4) is 17.2 Å². The second kappa shape index (κ2) is 8.93. The summed E-state index contributed by atoms with van der Waals surface area (Å²) in [5, 5.41) is 25.0. The van der Waals surface area contributed by atoms with Gasteiger partial charge in [-0.15, -0.1) is 11.3 Å². The van der Waals surface area contributed by atoms with E-state index in [0.29, 0.717) is 0 Å². The Bertz CT molecular complexity index is 1700. The first kappa shape index (κ1) is 25.6. The number of allylic oxidation sites excluding steroid dienone is 3. The molecule has 0 bridgehead atoms. The third-order valence-corrected chi connectivity index (χ3v) is 8.28. The van der Waals surface area contributed by atoms with Crippen LogP contribution in [0.4, 0.5) is 4.79 Å². The Hall–Kier alpha value is -4.68. The molecule has 40 heavy (non-hydrogen) atoms. The Morgan fingerprint density at radius 2 is 1.95 bits per heavy atom. The summed E-state index contributed by atoms with van der Waals surface area (Å²) in [5.41, 5.74) is -2.49. The quantitative estimate of drug-likeness (QED) is 0.403. The molecule has 12 heteroatoms. The fourth-order valence-electron chi connectivity index (χ4n) is 5.23. The number of nitrogens with zero attached hydrogens (tertiary/aromatic N) is 1. The van der Waals surface area contributed by atoms with Gasteiger partial charge >= 0.3 is 6.03 Å². The number of nitrogens with one attached hydrogen (secondary N) is 1. The van der Waals surface area contributed by atoms with Gasteiger partial charge in [0.15, 0.2) is 17.3 Å². The van der Waals surface area contributed by atoms with Crippen LogP contribution in [0.5, 0.6) is 17.2 Å². The van der Waals surface area contributed by atoms with Crippen molar-refractivity contribution in [2.24, 2.45) is 0 Å². The first-order valence-corrected chi connectivity index (χ1v) is 13.0. The van der Waals surface area contributed by atoms with E-state index in [-0.39, 0.29) is 34.9 Å². The van der Waals surface area contributed by atoms with Gasteiger partial charge in [0, 0.05) is 28.8 Å². The van der Waals surface area contributed by atoms with Crippen molar-refractivity contribution in [2.45, 2.75) is 32.2 Å². The summed E-state index contributed by atoms with van der Waals surface area (Å²) in [6, 6.07) is 10.0. The molecule has 0 spiro atoms. The smallest absolute Gasteiger partial charge is 0.329 e. The van der Waals surface area contributed by atoms with E-state index in [1.807, 2.05) is 30.3 Å². The van der Waals surface area contributed by atoms with E-state index in [0.717, 1.165) is 38.9 Å². The van der Waals surface area contributed by atoms with E-state index in [4.69, 9.17) is 14.2 Å². The van der Waals surface area contributed by atoms with E-state index >= 15 is 0 Å². The van der Waals surface area contributed by atoms with Crippen LogP contribution in [0.1, 0.15) is 34.6 Å². The molecule has 2 aromatic carbocycles. The maximum Gasteiger partial charge on any atom is 0.329 e. The molecule has 1 unspecified atom stereocenters. The monoisotopic (exact) mass is 562 g/mol. The van der Waals surface area contributed by atoms with E-state index < -0.39 is 52.4 Å². The number of Topliss-reactive ketones (excluding diaryl/α,β-unsaturated/α-hetero) is 2. The number of methoxy groups -OCH3 is 1. The average molecular weight is 563 g/mol. The molecule has 2 aliphatic heterocycles. The van der Waals surface area contributed by atoms with Crippen LogP contribution in [0.3, 0.4) is 0 Å². The highest BCUT2D eigenvalue weighted by molar-refractivity contribution is 7.19. The van der Waals surface area contributed by atoms with Gasteiger partial charge in [0.25, 0.3) is 12.3 Å². The highest BCUT2D eigenvalue weighted by atomic mass is 32.1. The Balaban J connectivity index is 1.37. The second-order valence-corrected chi connectivity index (χ2v) is 10.8. The maximum absolute atomic E-state index is 13.8. The van der Waals surface area contributed by atoms with Crippen LogP contribution in [0, 0.1) is 0 Å². The molecule has 1 aliphatic carbocycles. The van der Waals surface area contributed by atoms with Gasteiger partial charge in [0.05, 0.1) is 12.1 Å². The number of hydrogen-bond acceptors (Lipinski definition) is 10. The summed E-state index contributed by atoms with van der Waals surface area (Å²) in [5.74, 6) is -3.83. The summed E-state index contributed by atoms with van der Waals surface area (Å²) < 4.78 is 17.9. The number of hydrogen-bond donors (Lipinski definition) is 3. The van der Waals surface area contributed by atoms with E-state index in [1.165, 1.54) is 25.4 Å². The van der Waals surface area contributed by atoms with Crippen molar-refractivity contribution in [1.29, 1.82) is 0 Å². The Labute approximate surface area is 230 Å². The van der Waals surface area contributed by atoms with Crippen LogP contribution in [-0.2, 0) is 26.3 Å². The van der Waals surface area contributed by atoms with Crippen molar-refractivity contribution in [3.05, 3.63) is 75.6 Å². The van der Waals surface area contributed by atoms with Gasteiger partial charge in [-0.2, -0.15) is 4.90 Å². The number of amides is 3. The fourth-order valence-corrected chi connectivity index (χ4v) is 6.23. The lowest BCUT2D eigenvalue weighted by Crippen LogP contribution is -2.54. The molecule has 11 nitrogen and oxygen atoms in total. The number of carbonyl (C=O) groups is 4. The molecule has 0 fully saturated rings. The molecule has 3 amide bonds. The lowest BCUT2D eigenvalue weighted by Gasteiger charge is -2.34. The minimum atomic E-state index is -1.71. The molecule has 0 saturated carbocycles. The fraction of sp³-hybridized carbons (Fsp3) is 0.214. The van der Waals surface area contributed by atoms with Gasteiger partial charge in [0.1, 0.15) is 39.6 Å². The van der Waals surface area contributed by atoms with Crippen LogP contribution in [0.2, 0.25) is 0 Å². The summed E-state index contributed by atoms with van der Waals surface area (Å²) in [6.07, 6.45) is -0.360. The van der Waals surface area contributed by atoms with Gasteiger partial charge in [-0.05, 0) is 31.4 Å². The number of rotatable bonds is 4. The lowest BCUT2D eigenvalue weighted by molar-refractivity contribution is -0.129. The Morgan fingerprint density at radius 3 is 2.65 bits per heavy atom. The highest BCUT2D eigenvalue weighted by Gasteiger charge is 2.56. The molecule has 2 atom stereocenters. The van der Waals surface area contributed by atoms with Crippen molar-refractivity contribution in [1.82, 2.24) is 10.2 Å². The van der Waals surface area contributed by atoms with E-state index in [9.17, 15) is 29.4 Å². The molecule has 0 radical (unpaired) electrons. The molecular formula is C28H22N2O9S. The number of phenolic OH excluding ortho intramolecular Hbond substituents is 1. The lowest BCUT2D eigenvalue weighted by atomic mass is 9.71. The van der Waals surface area contributed by atoms with Gasteiger partial charge in [-0.25, -0.2) is 4.79 Å². The molecule has 3 N–H and O–H groups in total. The zero-order chi connectivity index (χ0) is 28.5. The van der Waals surface area contributed by atoms with Gasteiger partial charge in [-0.1, -0.05) is 18.2 Å². The number of aromatic hydroxyl groups is 1. The van der Waals surface area contributed by atoms with Gasteiger partial charge in [-0.3, -0.25) is 14.4 Å². The van der Waals surface area contributed by atoms with E-state index in [2.05, 4.69) is 5.32 Å². The van der Waals surface area contributed by atoms with Crippen molar-refractivity contribution >= 4 is 44.9 Å². The number of fused-ring (bicyclic) bond motifs is 6. The predicted octanol–water partition coefficient (Wildman–Crippen LogP) is 3.80. The molecule has 0 saturated heterocycles. The predicted molar refractivity (Wildman–Crippen MR) is 141 cm³/mol. The molecule has 6 rings (SSSR count). The number of ketones is 2. The van der Waals surface area contributed by atoms with Crippen LogP contribution >= 0.6 is 11.3 Å². The third-order valence-electron chi connectivity index (χ3n) is 7.17. The normalized spacial score (nSPS) is 21.3. The number of phenols is 1. The van der Waals surface area contributed by atoms with Gasteiger partial charge < -0.3 is 29.7 Å². The maximum atomic E-state index is 13.8. The number of imide groups is 1. The Kier molecular flexibility index (Phi) is 5.71. The average Bonchev–Trinajstić information content (AvgIpc) is 3.46. The standard InChI is InChI=1S/C28H22N2O9S/c1-12(31)20-15(32)10-19-28(2,24(20)34)22-16(33)9-17-21(23(22)39-19)25(35)30(27(37-3)38-17)26(36)29-11-14-8-13-6-4-5-7-18(13)40-14/h4-10,27,32-33H,11H2,1-3H3,(H,29,36)/t27?,28-/m1/s1. The summed E-state index contributed by atoms with van der Waals surface area (Å²) in [4.78, 5) is 54.2. The summed E-state index contributed by atoms with van der Waals surface area (Å²) in [6.45, 7) is 2.68. The number of aliphatic hydroxyl groups is 1. The molecule has 3 aliphatic rings. The van der Waals surface area contributed by atoms with Crippen molar-refractivity contribution in [2.75, 3.05) is 7.11 Å². The molecule has 3 aromatic rings. The topological polar surface area (TPSA) is 152 Å². The third kappa shape index (κ3) is 3.53. The minimum Gasteiger partial charge on any atom is -0.507 e. The van der Waals surface area contributed by atoms with Crippen LogP contribution in [-0.4, -0.2) is 52.1 Å². The largest absolute Gasteiger partial charge is 0.507 e. The van der Waals surface area contributed by atoms with Crippen LogP contribution < -0.4 is 14.8 Å². The number of urea groups is 1. The number of aliphatic hydroxyl groups excluding tert-OH is 1. The number of carbonyl (C=O) groups excluding carboxylic acids is 4. The highest BCUT2D eigenvalue weighted by Crippen LogP contribution is 2.57. The Morgan fingerprint density at radius 1 is 1.20 bits per heavy atom.